The van der Waals surface area contributed by atoms with Crippen LogP contribution in [0.1, 0.15) is 30.1 Å². The van der Waals surface area contributed by atoms with Crippen molar-refractivity contribution in [1.82, 2.24) is 5.32 Å². The van der Waals surface area contributed by atoms with Crippen LogP contribution in [0.15, 0.2) is 60.7 Å². The van der Waals surface area contributed by atoms with E-state index in [0.29, 0.717) is 0 Å². The number of hydrogen-bond donors (Lipinski definition) is 2. The van der Waals surface area contributed by atoms with E-state index < -0.39 is 6.04 Å². The van der Waals surface area contributed by atoms with Crippen molar-refractivity contribution in [2.24, 2.45) is 5.73 Å². The summed E-state index contributed by atoms with van der Waals surface area (Å²) >= 11 is 0. The summed E-state index contributed by atoms with van der Waals surface area (Å²) in [6, 6.07) is 18.5. The maximum absolute atomic E-state index is 12.1. The number of nitrogens with two attached hydrogens (primary N) is 1. The molecule has 3 nitrogen and oxygen atoms in total. The highest BCUT2D eigenvalue weighted by atomic mass is 16.2. The number of carbonyl (C=O) groups excluding carboxylic acids is 1. The lowest BCUT2D eigenvalue weighted by molar-refractivity contribution is -0.123. The van der Waals surface area contributed by atoms with Gasteiger partial charge < -0.3 is 11.1 Å². The maximum atomic E-state index is 12.1. The van der Waals surface area contributed by atoms with Crippen molar-refractivity contribution in [3.63, 3.8) is 0 Å². The third-order valence-electron chi connectivity index (χ3n) is 3.10. The molecule has 3 N–H and O–H groups in total. The zero-order chi connectivity index (χ0) is 13.7. The van der Waals surface area contributed by atoms with Crippen LogP contribution in [0.5, 0.6) is 0 Å². The van der Waals surface area contributed by atoms with Crippen LogP contribution in [0.2, 0.25) is 0 Å². The molecule has 98 valence electrons. The molecule has 3 heteroatoms. The van der Waals surface area contributed by atoms with E-state index in [1.165, 1.54) is 0 Å². The van der Waals surface area contributed by atoms with Gasteiger partial charge in [-0.3, -0.25) is 4.79 Å². The summed E-state index contributed by atoms with van der Waals surface area (Å²) in [6.07, 6.45) is 0. The van der Waals surface area contributed by atoms with E-state index in [4.69, 9.17) is 5.73 Å². The molecule has 0 aliphatic rings. The minimum atomic E-state index is -0.632. The Morgan fingerprint density at radius 2 is 1.42 bits per heavy atom. The Morgan fingerprint density at radius 1 is 0.947 bits per heavy atom. The van der Waals surface area contributed by atoms with Crippen LogP contribution in [-0.2, 0) is 4.79 Å². The second kappa shape index (κ2) is 6.16. The minimum Gasteiger partial charge on any atom is -0.348 e. The van der Waals surface area contributed by atoms with Crippen LogP contribution in [0.3, 0.4) is 0 Å². The first-order valence-corrected chi connectivity index (χ1v) is 6.34. The van der Waals surface area contributed by atoms with Gasteiger partial charge in [-0.1, -0.05) is 60.7 Å². The number of carbonyl (C=O) groups is 1. The Morgan fingerprint density at radius 3 is 1.95 bits per heavy atom. The van der Waals surface area contributed by atoms with Gasteiger partial charge in [0.05, 0.1) is 6.04 Å². The van der Waals surface area contributed by atoms with E-state index in [0.717, 1.165) is 11.1 Å². The molecule has 0 saturated carbocycles. The fourth-order valence-electron chi connectivity index (χ4n) is 1.94. The third-order valence-corrected chi connectivity index (χ3v) is 3.10. The van der Waals surface area contributed by atoms with Crippen molar-refractivity contribution in [2.75, 3.05) is 0 Å². The Kier molecular flexibility index (Phi) is 4.31. The number of benzene rings is 2. The zero-order valence-electron chi connectivity index (χ0n) is 10.9. The molecule has 2 aromatic rings. The van der Waals surface area contributed by atoms with Crippen molar-refractivity contribution in [3.05, 3.63) is 71.8 Å². The van der Waals surface area contributed by atoms with Gasteiger partial charge in [0.1, 0.15) is 6.04 Å². The summed E-state index contributed by atoms with van der Waals surface area (Å²) in [5, 5.41) is 2.93. The monoisotopic (exact) mass is 254 g/mol. The van der Waals surface area contributed by atoms with Crippen molar-refractivity contribution < 1.29 is 4.79 Å². The molecule has 1 amide bonds. The summed E-state index contributed by atoms with van der Waals surface area (Å²) in [5.41, 5.74) is 7.84. The molecule has 2 atom stereocenters. The Labute approximate surface area is 113 Å². The molecule has 0 bridgehead atoms. The third kappa shape index (κ3) is 3.42. The second-order valence-electron chi connectivity index (χ2n) is 4.53. The van der Waals surface area contributed by atoms with Gasteiger partial charge in [0.15, 0.2) is 0 Å². The van der Waals surface area contributed by atoms with E-state index in [9.17, 15) is 4.79 Å². The molecule has 2 rings (SSSR count). The number of amides is 1. The Bertz CT molecular complexity index is 525. The van der Waals surface area contributed by atoms with Crippen LogP contribution in [0.25, 0.3) is 0 Å². The zero-order valence-corrected chi connectivity index (χ0v) is 10.9. The minimum absolute atomic E-state index is 0.0523. The molecule has 0 aliphatic heterocycles. The van der Waals surface area contributed by atoms with Gasteiger partial charge in [0.25, 0.3) is 0 Å². The summed E-state index contributed by atoms with van der Waals surface area (Å²) in [6.45, 7) is 1.95. The predicted molar refractivity (Wildman–Crippen MR) is 76.4 cm³/mol. The maximum Gasteiger partial charge on any atom is 0.241 e. The average Bonchev–Trinajstić information content (AvgIpc) is 2.48. The summed E-state index contributed by atoms with van der Waals surface area (Å²) in [4.78, 5) is 12.1. The fourth-order valence-corrected chi connectivity index (χ4v) is 1.94. The molecular formula is C16H18N2O. The molecule has 0 aliphatic carbocycles. The van der Waals surface area contributed by atoms with E-state index in [1.54, 1.807) is 0 Å². The van der Waals surface area contributed by atoms with Gasteiger partial charge in [-0.25, -0.2) is 0 Å². The number of rotatable bonds is 4. The van der Waals surface area contributed by atoms with Crippen molar-refractivity contribution in [1.29, 1.82) is 0 Å². The van der Waals surface area contributed by atoms with Gasteiger partial charge in [-0.05, 0) is 18.1 Å². The van der Waals surface area contributed by atoms with Gasteiger partial charge in [0, 0.05) is 0 Å². The van der Waals surface area contributed by atoms with Gasteiger partial charge in [-0.15, -0.1) is 0 Å². The topological polar surface area (TPSA) is 55.1 Å². The van der Waals surface area contributed by atoms with E-state index >= 15 is 0 Å². The van der Waals surface area contributed by atoms with Gasteiger partial charge in [0.2, 0.25) is 5.91 Å². The SMILES string of the molecule is C[C@@H](NC(=O)[C@@H](N)c1ccccc1)c1ccccc1. The highest BCUT2D eigenvalue weighted by molar-refractivity contribution is 5.83. The first-order chi connectivity index (χ1) is 9.18. The van der Waals surface area contributed by atoms with Gasteiger partial charge in [-0.2, -0.15) is 0 Å². The lowest BCUT2D eigenvalue weighted by Crippen LogP contribution is -2.35. The molecule has 19 heavy (non-hydrogen) atoms. The van der Waals surface area contributed by atoms with E-state index in [1.807, 2.05) is 67.6 Å². The summed E-state index contributed by atoms with van der Waals surface area (Å²) in [7, 11) is 0. The summed E-state index contributed by atoms with van der Waals surface area (Å²) < 4.78 is 0. The predicted octanol–water partition coefficient (Wildman–Crippen LogP) is 2.56. The first kappa shape index (κ1) is 13.3. The van der Waals surface area contributed by atoms with Crippen LogP contribution in [-0.4, -0.2) is 5.91 Å². The van der Waals surface area contributed by atoms with Crippen LogP contribution in [0.4, 0.5) is 0 Å². The smallest absolute Gasteiger partial charge is 0.241 e. The van der Waals surface area contributed by atoms with Crippen LogP contribution < -0.4 is 11.1 Å². The molecule has 0 fully saturated rings. The molecule has 0 heterocycles. The molecule has 0 unspecified atom stereocenters. The van der Waals surface area contributed by atoms with E-state index in [2.05, 4.69) is 5.32 Å². The quantitative estimate of drug-likeness (QED) is 0.881. The fraction of sp³-hybridized carbons (Fsp3) is 0.188. The molecule has 0 aromatic heterocycles. The second-order valence-corrected chi connectivity index (χ2v) is 4.53. The highest BCUT2D eigenvalue weighted by Crippen LogP contribution is 2.14. The van der Waals surface area contributed by atoms with Crippen LogP contribution in [0, 0.1) is 0 Å². The molecular weight excluding hydrogens is 236 g/mol. The molecule has 2 aromatic carbocycles. The first-order valence-electron chi connectivity index (χ1n) is 6.34. The van der Waals surface area contributed by atoms with Crippen molar-refractivity contribution >= 4 is 5.91 Å². The lowest BCUT2D eigenvalue weighted by atomic mass is 10.1. The number of nitrogens with one attached hydrogen (secondary N) is 1. The number of hydrogen-bond acceptors (Lipinski definition) is 2. The highest BCUT2D eigenvalue weighted by Gasteiger charge is 2.17. The molecule has 0 spiro atoms. The summed E-state index contributed by atoms with van der Waals surface area (Å²) in [5.74, 6) is -0.164. The Balaban J connectivity index is 2.02. The standard InChI is InChI=1S/C16H18N2O/c1-12(13-8-4-2-5-9-13)18-16(19)15(17)14-10-6-3-7-11-14/h2-12,15H,17H2,1H3,(H,18,19)/t12-,15+/m1/s1. The molecule has 0 saturated heterocycles. The van der Waals surface area contributed by atoms with Crippen molar-refractivity contribution in [3.8, 4) is 0 Å². The van der Waals surface area contributed by atoms with E-state index in [-0.39, 0.29) is 11.9 Å². The largest absolute Gasteiger partial charge is 0.348 e. The normalized spacial score (nSPS) is 13.6. The van der Waals surface area contributed by atoms with Gasteiger partial charge >= 0.3 is 0 Å². The lowest BCUT2D eigenvalue weighted by Gasteiger charge is -2.18. The van der Waals surface area contributed by atoms with Crippen LogP contribution >= 0.6 is 0 Å². The Hall–Kier alpha value is -2.13. The van der Waals surface area contributed by atoms with Crippen molar-refractivity contribution in [2.45, 2.75) is 19.0 Å². The molecule has 0 radical (unpaired) electrons. The average molecular weight is 254 g/mol.